The fraction of sp³-hybridized carbons (Fsp3) is 0.909. The zero-order valence-corrected chi connectivity index (χ0v) is 9.65. The van der Waals surface area contributed by atoms with Crippen LogP contribution in [-0.2, 0) is 4.79 Å². The van der Waals surface area contributed by atoms with Crippen molar-refractivity contribution in [2.45, 2.75) is 45.3 Å². The van der Waals surface area contributed by atoms with E-state index >= 15 is 0 Å². The Labute approximate surface area is 91.4 Å². The summed E-state index contributed by atoms with van der Waals surface area (Å²) in [6, 6.07) is 0.208. The Bertz CT molecular complexity index is 211. The number of hydrogen-bond acceptors (Lipinski definition) is 3. The van der Waals surface area contributed by atoms with Crippen LogP contribution in [0.3, 0.4) is 0 Å². The molecule has 3 N–H and O–H groups in total. The van der Waals surface area contributed by atoms with Gasteiger partial charge in [-0.1, -0.05) is 0 Å². The van der Waals surface area contributed by atoms with E-state index in [2.05, 4.69) is 4.90 Å². The summed E-state index contributed by atoms with van der Waals surface area (Å²) in [4.78, 5) is 13.0. The average molecular weight is 214 g/mol. The number of carbonyl (C=O) groups is 1. The third-order valence-electron chi connectivity index (χ3n) is 3.41. The lowest BCUT2D eigenvalue weighted by Crippen LogP contribution is -2.45. The number of hydrogen-bond donors (Lipinski definition) is 2. The molecule has 88 valence electrons. The van der Waals surface area contributed by atoms with E-state index in [4.69, 9.17) is 5.73 Å². The van der Waals surface area contributed by atoms with Gasteiger partial charge in [0, 0.05) is 12.5 Å². The first-order valence-corrected chi connectivity index (χ1v) is 5.71. The first-order chi connectivity index (χ1) is 7.00. The molecule has 0 bridgehead atoms. The molecule has 2 atom stereocenters. The largest absolute Gasteiger partial charge is 0.392 e. The Morgan fingerprint density at radius 3 is 2.40 bits per heavy atom. The molecular formula is C11H22N2O2. The van der Waals surface area contributed by atoms with Crippen LogP contribution in [-0.4, -0.2) is 41.1 Å². The molecule has 2 unspecified atom stereocenters. The van der Waals surface area contributed by atoms with Crippen LogP contribution in [0.15, 0.2) is 0 Å². The molecular weight excluding hydrogens is 192 g/mol. The van der Waals surface area contributed by atoms with Crippen LogP contribution in [0.25, 0.3) is 0 Å². The number of likely N-dealkylation sites (tertiary alicyclic amines) is 1. The SMILES string of the molecule is CC(O)C(C)N1CCC(CC(N)=O)CC1. The molecule has 1 aliphatic heterocycles. The van der Waals surface area contributed by atoms with Gasteiger partial charge >= 0.3 is 0 Å². The lowest BCUT2D eigenvalue weighted by atomic mass is 9.92. The van der Waals surface area contributed by atoms with Crippen molar-refractivity contribution in [3.05, 3.63) is 0 Å². The summed E-state index contributed by atoms with van der Waals surface area (Å²) in [5, 5.41) is 9.47. The third-order valence-corrected chi connectivity index (χ3v) is 3.41. The number of primary amides is 1. The van der Waals surface area contributed by atoms with Crippen LogP contribution in [0.5, 0.6) is 0 Å². The number of nitrogens with zero attached hydrogens (tertiary/aromatic N) is 1. The van der Waals surface area contributed by atoms with E-state index in [0.717, 1.165) is 25.9 Å². The number of amides is 1. The van der Waals surface area contributed by atoms with E-state index in [9.17, 15) is 9.90 Å². The zero-order chi connectivity index (χ0) is 11.4. The van der Waals surface area contributed by atoms with E-state index in [1.165, 1.54) is 0 Å². The number of rotatable bonds is 4. The van der Waals surface area contributed by atoms with Gasteiger partial charge in [0.1, 0.15) is 0 Å². The second-order valence-corrected chi connectivity index (χ2v) is 4.63. The first-order valence-electron chi connectivity index (χ1n) is 5.71. The second-order valence-electron chi connectivity index (χ2n) is 4.63. The first kappa shape index (κ1) is 12.5. The monoisotopic (exact) mass is 214 g/mol. The van der Waals surface area contributed by atoms with Gasteiger partial charge < -0.3 is 10.8 Å². The van der Waals surface area contributed by atoms with Crippen LogP contribution >= 0.6 is 0 Å². The molecule has 0 spiro atoms. The predicted molar refractivity (Wildman–Crippen MR) is 59.3 cm³/mol. The quantitative estimate of drug-likeness (QED) is 0.709. The van der Waals surface area contributed by atoms with Gasteiger partial charge in [0.2, 0.25) is 5.91 Å². The van der Waals surface area contributed by atoms with E-state index < -0.39 is 0 Å². The lowest BCUT2D eigenvalue weighted by Gasteiger charge is -2.36. The summed E-state index contributed by atoms with van der Waals surface area (Å²) in [7, 11) is 0. The van der Waals surface area contributed by atoms with Gasteiger partial charge in [-0.25, -0.2) is 0 Å². The van der Waals surface area contributed by atoms with Gasteiger partial charge in [0.25, 0.3) is 0 Å². The van der Waals surface area contributed by atoms with E-state index in [1.807, 2.05) is 13.8 Å². The van der Waals surface area contributed by atoms with E-state index in [0.29, 0.717) is 12.3 Å². The topological polar surface area (TPSA) is 66.6 Å². The van der Waals surface area contributed by atoms with Gasteiger partial charge in [0.15, 0.2) is 0 Å². The molecule has 0 radical (unpaired) electrons. The van der Waals surface area contributed by atoms with Crippen LogP contribution in [0, 0.1) is 5.92 Å². The van der Waals surface area contributed by atoms with E-state index in [-0.39, 0.29) is 18.1 Å². The van der Waals surface area contributed by atoms with Crippen molar-refractivity contribution in [2.24, 2.45) is 11.7 Å². The molecule has 1 amide bonds. The van der Waals surface area contributed by atoms with Crippen LogP contribution < -0.4 is 5.73 Å². The molecule has 1 aliphatic rings. The van der Waals surface area contributed by atoms with Crippen molar-refractivity contribution < 1.29 is 9.90 Å². The Kier molecular flexibility index (Phi) is 4.54. The summed E-state index contributed by atoms with van der Waals surface area (Å²) in [5.41, 5.74) is 5.17. The van der Waals surface area contributed by atoms with Crippen molar-refractivity contribution >= 4 is 5.91 Å². The smallest absolute Gasteiger partial charge is 0.217 e. The Balaban J connectivity index is 2.32. The minimum absolute atomic E-state index is 0.197. The summed E-state index contributed by atoms with van der Waals surface area (Å²) >= 11 is 0. The number of nitrogens with two attached hydrogens (primary N) is 1. The number of aliphatic hydroxyl groups is 1. The number of piperidine rings is 1. The highest BCUT2D eigenvalue weighted by Crippen LogP contribution is 2.22. The Hall–Kier alpha value is -0.610. The normalized spacial score (nSPS) is 23.7. The highest BCUT2D eigenvalue weighted by atomic mass is 16.3. The molecule has 15 heavy (non-hydrogen) atoms. The van der Waals surface area contributed by atoms with Crippen molar-refractivity contribution in [3.63, 3.8) is 0 Å². The summed E-state index contributed by atoms with van der Waals surface area (Å²) < 4.78 is 0. The van der Waals surface area contributed by atoms with Gasteiger partial charge in [-0.05, 0) is 45.7 Å². The molecule has 1 fully saturated rings. The molecule has 0 aromatic heterocycles. The van der Waals surface area contributed by atoms with Gasteiger partial charge in [-0.15, -0.1) is 0 Å². The van der Waals surface area contributed by atoms with Gasteiger partial charge in [-0.2, -0.15) is 0 Å². The van der Waals surface area contributed by atoms with Crippen LogP contribution in [0.1, 0.15) is 33.1 Å². The molecule has 0 aromatic rings. The van der Waals surface area contributed by atoms with Crippen molar-refractivity contribution in [2.75, 3.05) is 13.1 Å². The van der Waals surface area contributed by atoms with Crippen molar-refractivity contribution in [1.29, 1.82) is 0 Å². The summed E-state index contributed by atoms with van der Waals surface area (Å²) in [5.74, 6) is 0.247. The predicted octanol–water partition coefficient (Wildman–Crippen LogP) is 0.343. The fourth-order valence-corrected chi connectivity index (χ4v) is 2.15. The molecule has 1 saturated heterocycles. The van der Waals surface area contributed by atoms with Crippen molar-refractivity contribution in [1.82, 2.24) is 4.90 Å². The van der Waals surface area contributed by atoms with Gasteiger partial charge in [-0.3, -0.25) is 9.69 Å². The maximum Gasteiger partial charge on any atom is 0.217 e. The number of aliphatic hydroxyl groups excluding tert-OH is 1. The minimum atomic E-state index is -0.294. The summed E-state index contributed by atoms with van der Waals surface area (Å²) in [6.45, 7) is 5.78. The highest BCUT2D eigenvalue weighted by Gasteiger charge is 2.25. The third kappa shape index (κ3) is 3.80. The molecule has 1 rings (SSSR count). The average Bonchev–Trinajstić information content (AvgIpc) is 2.17. The Morgan fingerprint density at radius 2 is 2.00 bits per heavy atom. The molecule has 1 heterocycles. The molecule has 0 aromatic carbocycles. The van der Waals surface area contributed by atoms with Gasteiger partial charge in [0.05, 0.1) is 6.10 Å². The standard InChI is InChI=1S/C11H22N2O2/c1-8(9(2)14)13-5-3-10(4-6-13)7-11(12)15/h8-10,14H,3-7H2,1-2H3,(H2,12,15). The lowest BCUT2D eigenvalue weighted by molar-refractivity contribution is -0.119. The molecule has 4 nitrogen and oxygen atoms in total. The zero-order valence-electron chi connectivity index (χ0n) is 9.65. The number of carbonyl (C=O) groups excluding carboxylic acids is 1. The second kappa shape index (κ2) is 5.47. The molecule has 0 saturated carbocycles. The molecule has 0 aliphatic carbocycles. The van der Waals surface area contributed by atoms with Crippen LogP contribution in [0.4, 0.5) is 0 Å². The Morgan fingerprint density at radius 1 is 1.47 bits per heavy atom. The minimum Gasteiger partial charge on any atom is -0.392 e. The summed E-state index contributed by atoms with van der Waals surface area (Å²) in [6.07, 6.45) is 2.24. The van der Waals surface area contributed by atoms with E-state index in [1.54, 1.807) is 0 Å². The highest BCUT2D eigenvalue weighted by molar-refractivity contribution is 5.73. The maximum atomic E-state index is 10.8. The van der Waals surface area contributed by atoms with Crippen molar-refractivity contribution in [3.8, 4) is 0 Å². The molecule has 4 heteroatoms. The van der Waals surface area contributed by atoms with Crippen LogP contribution in [0.2, 0.25) is 0 Å². The maximum absolute atomic E-state index is 10.8. The fourth-order valence-electron chi connectivity index (χ4n) is 2.15.